The molecule has 0 radical (unpaired) electrons. The molecule has 3 saturated heterocycles. The Kier molecular flexibility index (Phi) is 9.21. The molecule has 11 heteroatoms. The number of fused-ring (bicyclic) bond motifs is 3. The lowest BCUT2D eigenvalue weighted by molar-refractivity contribution is -0.135. The summed E-state index contributed by atoms with van der Waals surface area (Å²) in [5.41, 5.74) is -0.429. The van der Waals surface area contributed by atoms with E-state index in [0.29, 0.717) is 30.7 Å². The van der Waals surface area contributed by atoms with Gasteiger partial charge in [0.25, 0.3) is 5.56 Å². The van der Waals surface area contributed by atoms with Crippen LogP contribution in [0.5, 0.6) is 0 Å². The zero-order valence-electron chi connectivity index (χ0n) is 25.5. The summed E-state index contributed by atoms with van der Waals surface area (Å²) in [7, 11) is 1.29. The van der Waals surface area contributed by atoms with Gasteiger partial charge in [0.15, 0.2) is 0 Å². The van der Waals surface area contributed by atoms with Gasteiger partial charge in [0.2, 0.25) is 17.7 Å². The van der Waals surface area contributed by atoms with Crippen molar-refractivity contribution in [2.75, 3.05) is 32.1 Å². The minimum absolute atomic E-state index is 0.0482. The van der Waals surface area contributed by atoms with Crippen molar-refractivity contribution in [1.82, 2.24) is 20.1 Å². The summed E-state index contributed by atoms with van der Waals surface area (Å²) >= 11 is 0. The topological polar surface area (TPSA) is 139 Å². The van der Waals surface area contributed by atoms with Crippen LogP contribution in [0.2, 0.25) is 0 Å². The van der Waals surface area contributed by atoms with Crippen molar-refractivity contribution < 1.29 is 23.9 Å². The van der Waals surface area contributed by atoms with Gasteiger partial charge in [-0.15, -0.1) is 0 Å². The number of hydrogen-bond donors (Lipinski definition) is 3. The van der Waals surface area contributed by atoms with Gasteiger partial charge in [0, 0.05) is 24.9 Å². The molecule has 4 saturated carbocycles. The minimum Gasteiger partial charge on any atom is -0.466 e. The number of esters is 1. The van der Waals surface area contributed by atoms with Crippen LogP contribution in [-0.4, -0.2) is 72.0 Å². The van der Waals surface area contributed by atoms with Crippen molar-refractivity contribution in [2.45, 2.75) is 76.4 Å². The first-order valence-corrected chi connectivity index (χ1v) is 16.3. The van der Waals surface area contributed by atoms with Crippen LogP contribution in [-0.2, 0) is 30.5 Å². The third-order valence-electron chi connectivity index (χ3n) is 10.8. The number of rotatable bonds is 11. The third-order valence-corrected chi connectivity index (χ3v) is 10.8. The molecule has 4 aliphatic carbocycles. The molecule has 3 aliphatic heterocycles. The molecule has 4 heterocycles. The lowest BCUT2D eigenvalue weighted by Crippen LogP contribution is -2.56. The van der Waals surface area contributed by atoms with E-state index >= 15 is 0 Å². The second kappa shape index (κ2) is 13.3. The van der Waals surface area contributed by atoms with Crippen molar-refractivity contribution >= 4 is 29.4 Å². The van der Waals surface area contributed by atoms with Gasteiger partial charge in [-0.1, -0.05) is 6.08 Å². The molecule has 7 fully saturated rings. The minimum atomic E-state index is -0.909. The molecule has 238 valence electrons. The number of methoxy groups -OCH3 is 1. The number of carbonyl (C=O) groups is 4. The highest BCUT2D eigenvalue weighted by Gasteiger charge is 2.48. The Labute approximate surface area is 258 Å². The van der Waals surface area contributed by atoms with Crippen LogP contribution in [0.4, 0.5) is 5.69 Å². The van der Waals surface area contributed by atoms with E-state index in [1.54, 1.807) is 18.3 Å². The molecule has 3 N–H and O–H groups in total. The van der Waals surface area contributed by atoms with Gasteiger partial charge in [-0.25, -0.2) is 4.79 Å². The number of piperidine rings is 3. The van der Waals surface area contributed by atoms with Gasteiger partial charge in [-0.05, 0) is 113 Å². The number of ether oxygens (including phenoxy) is 1. The van der Waals surface area contributed by atoms with E-state index in [1.807, 2.05) is 0 Å². The van der Waals surface area contributed by atoms with E-state index in [-0.39, 0.29) is 42.4 Å². The molecular weight excluding hydrogens is 562 g/mol. The standard InChI is InChI=1S/C33H45N5O6/c1-44-29(40)7-3-2-5-26(34-31(41)25-18-37-11-8-22(25)9-12-37)32(42)35-27-6-4-10-38(33(27)43)19-28(39)36-30-23-14-20-13-21(16-23)17-24(30)15-20/h3-4,6-7,10,20-26,30H,2,5,8-9,11-19H2,1H3,(H,34,41)(H,35,42)(H,36,39)/b7-3+/t20?,21?,23?,24?,25?,26-,30?/m0/s1. The highest BCUT2D eigenvalue weighted by molar-refractivity contribution is 5.97. The molecule has 3 amide bonds. The smallest absolute Gasteiger partial charge is 0.330 e. The van der Waals surface area contributed by atoms with Crippen LogP contribution < -0.4 is 21.5 Å². The summed E-state index contributed by atoms with van der Waals surface area (Å²) in [5, 5.41) is 8.88. The number of anilines is 1. The Morgan fingerprint density at radius 2 is 1.73 bits per heavy atom. The van der Waals surface area contributed by atoms with E-state index in [9.17, 15) is 24.0 Å². The van der Waals surface area contributed by atoms with Crippen LogP contribution in [0.25, 0.3) is 0 Å². The maximum atomic E-state index is 13.5. The number of hydrogen-bond acceptors (Lipinski definition) is 7. The van der Waals surface area contributed by atoms with Gasteiger partial charge in [0.05, 0.1) is 13.0 Å². The average molecular weight is 608 g/mol. The predicted octanol–water partition coefficient (Wildman–Crippen LogP) is 2.06. The van der Waals surface area contributed by atoms with Gasteiger partial charge >= 0.3 is 5.97 Å². The summed E-state index contributed by atoms with van der Waals surface area (Å²) in [6.07, 6.45) is 13.1. The summed E-state index contributed by atoms with van der Waals surface area (Å²) in [5.74, 6) is 1.44. The van der Waals surface area contributed by atoms with Crippen molar-refractivity contribution in [2.24, 2.45) is 35.5 Å². The SMILES string of the molecule is COC(=O)/C=C/CC[C@H](NC(=O)C1CN2CCC1CC2)C(=O)Nc1cccn(CC(=O)NC2C3CC4CC(C3)CC2C4)c1=O. The van der Waals surface area contributed by atoms with Crippen molar-refractivity contribution in [3.05, 3.63) is 40.8 Å². The van der Waals surface area contributed by atoms with Gasteiger partial charge in [0.1, 0.15) is 18.3 Å². The summed E-state index contributed by atoms with van der Waals surface area (Å²) < 4.78 is 5.95. The molecule has 2 atom stereocenters. The van der Waals surface area contributed by atoms with Crippen molar-refractivity contribution in [1.29, 1.82) is 0 Å². The number of allylic oxidation sites excluding steroid dienone is 1. The first-order valence-electron chi connectivity index (χ1n) is 16.3. The van der Waals surface area contributed by atoms with E-state index < -0.39 is 23.5 Å². The van der Waals surface area contributed by atoms with E-state index in [1.165, 1.54) is 55.9 Å². The van der Waals surface area contributed by atoms with Crippen LogP contribution >= 0.6 is 0 Å². The number of nitrogens with zero attached hydrogens (tertiary/aromatic N) is 2. The van der Waals surface area contributed by atoms with Gasteiger partial charge in [-0.2, -0.15) is 0 Å². The molecule has 1 aromatic heterocycles. The molecule has 1 unspecified atom stereocenters. The fourth-order valence-electron chi connectivity index (χ4n) is 8.84. The zero-order chi connectivity index (χ0) is 30.8. The molecular formula is C33H45N5O6. The largest absolute Gasteiger partial charge is 0.466 e. The summed E-state index contributed by atoms with van der Waals surface area (Å²) in [6.45, 7) is 2.56. The number of pyridine rings is 1. The molecule has 1 aromatic rings. The van der Waals surface area contributed by atoms with Crippen LogP contribution in [0.15, 0.2) is 35.3 Å². The number of aromatic nitrogens is 1. The fourth-order valence-corrected chi connectivity index (χ4v) is 8.84. The van der Waals surface area contributed by atoms with E-state index in [4.69, 9.17) is 0 Å². The second-order valence-corrected chi connectivity index (χ2v) is 13.7. The molecule has 7 aliphatic rings. The molecule has 0 spiro atoms. The third kappa shape index (κ3) is 6.77. The quantitative estimate of drug-likeness (QED) is 0.259. The number of carbonyl (C=O) groups excluding carboxylic acids is 4. The normalized spacial score (nSPS) is 32.3. The molecule has 8 rings (SSSR count). The van der Waals surface area contributed by atoms with Gasteiger partial charge < -0.3 is 30.2 Å². The van der Waals surface area contributed by atoms with Crippen LogP contribution in [0.1, 0.15) is 57.8 Å². The maximum Gasteiger partial charge on any atom is 0.330 e. The van der Waals surface area contributed by atoms with Crippen molar-refractivity contribution in [3.63, 3.8) is 0 Å². The fraction of sp³-hybridized carbons (Fsp3) is 0.667. The zero-order valence-corrected chi connectivity index (χ0v) is 25.5. The molecule has 11 nitrogen and oxygen atoms in total. The second-order valence-electron chi connectivity index (χ2n) is 13.7. The lowest BCUT2D eigenvalue weighted by Gasteiger charge is -2.54. The predicted molar refractivity (Wildman–Crippen MR) is 163 cm³/mol. The number of nitrogens with one attached hydrogen (secondary N) is 3. The highest BCUT2D eigenvalue weighted by Crippen LogP contribution is 2.53. The monoisotopic (exact) mass is 607 g/mol. The van der Waals surface area contributed by atoms with Gasteiger partial charge in [-0.3, -0.25) is 19.2 Å². The first kappa shape index (κ1) is 30.6. The summed E-state index contributed by atoms with van der Waals surface area (Å²) in [6, 6.07) is 2.42. The molecule has 0 aromatic carbocycles. The lowest BCUT2D eigenvalue weighted by atomic mass is 9.54. The molecule has 6 bridgehead atoms. The Hall–Kier alpha value is -3.47. The Balaban J connectivity index is 1.09. The highest BCUT2D eigenvalue weighted by atomic mass is 16.5. The molecule has 44 heavy (non-hydrogen) atoms. The van der Waals surface area contributed by atoms with Crippen LogP contribution in [0, 0.1) is 35.5 Å². The van der Waals surface area contributed by atoms with E-state index in [0.717, 1.165) is 37.8 Å². The van der Waals surface area contributed by atoms with E-state index in [2.05, 4.69) is 25.6 Å². The van der Waals surface area contributed by atoms with Crippen LogP contribution in [0.3, 0.4) is 0 Å². The van der Waals surface area contributed by atoms with Crippen molar-refractivity contribution in [3.8, 4) is 0 Å². The average Bonchev–Trinajstić information content (AvgIpc) is 3.02. The maximum absolute atomic E-state index is 13.5. The Bertz CT molecular complexity index is 1320. The number of amides is 3. The first-order chi connectivity index (χ1) is 21.3. The summed E-state index contributed by atoms with van der Waals surface area (Å²) in [4.78, 5) is 67.0. The Morgan fingerprint density at radius 3 is 2.36 bits per heavy atom. The Morgan fingerprint density at radius 1 is 1.02 bits per heavy atom.